The quantitative estimate of drug-likeness (QED) is 0.484. The number of aliphatic carboxylic acids is 1. The van der Waals surface area contributed by atoms with Crippen molar-refractivity contribution in [2.75, 3.05) is 6.61 Å². The van der Waals surface area contributed by atoms with Gasteiger partial charge in [-0.05, 0) is 25.7 Å². The van der Waals surface area contributed by atoms with Gasteiger partial charge in [0.25, 0.3) is 5.79 Å². The highest BCUT2D eigenvalue weighted by Gasteiger charge is 2.53. The third kappa shape index (κ3) is 5.12. The molecule has 0 saturated carbocycles. The molecule has 0 aromatic rings. The SMILES string of the molecule is [2H]CC(O)C(O)C1OC(OCCCC(C)C)(C(=O)O)CC(O)C1C. The van der Waals surface area contributed by atoms with Crippen molar-refractivity contribution in [3.8, 4) is 0 Å². The molecule has 0 bridgehead atoms. The van der Waals surface area contributed by atoms with Gasteiger partial charge in [0, 0.05) is 13.7 Å². The first-order valence-electron chi connectivity index (χ1n) is 8.74. The van der Waals surface area contributed by atoms with Crippen LogP contribution in [0.3, 0.4) is 0 Å². The first-order valence-corrected chi connectivity index (χ1v) is 8.03. The van der Waals surface area contributed by atoms with E-state index in [9.17, 15) is 25.2 Å². The highest BCUT2D eigenvalue weighted by atomic mass is 16.7. The van der Waals surface area contributed by atoms with Gasteiger partial charge in [0.2, 0.25) is 0 Å². The van der Waals surface area contributed by atoms with Crippen molar-refractivity contribution in [1.29, 1.82) is 0 Å². The fourth-order valence-electron chi connectivity index (χ4n) is 2.68. The van der Waals surface area contributed by atoms with E-state index < -0.39 is 49.0 Å². The molecule has 4 N–H and O–H groups in total. The highest BCUT2D eigenvalue weighted by Crippen LogP contribution is 2.36. The second-order valence-corrected chi connectivity index (χ2v) is 6.71. The molecule has 0 aromatic carbocycles. The maximum absolute atomic E-state index is 11.7. The molecule has 1 heterocycles. The Morgan fingerprint density at radius 3 is 2.65 bits per heavy atom. The van der Waals surface area contributed by atoms with E-state index in [0.717, 1.165) is 6.42 Å². The van der Waals surface area contributed by atoms with Crippen molar-refractivity contribution in [2.24, 2.45) is 11.8 Å². The van der Waals surface area contributed by atoms with Crippen molar-refractivity contribution in [1.82, 2.24) is 0 Å². The molecule has 1 saturated heterocycles. The Morgan fingerprint density at radius 2 is 2.13 bits per heavy atom. The van der Waals surface area contributed by atoms with Crippen LogP contribution in [0.15, 0.2) is 0 Å². The van der Waals surface area contributed by atoms with Gasteiger partial charge < -0.3 is 29.9 Å². The van der Waals surface area contributed by atoms with Gasteiger partial charge >= 0.3 is 5.97 Å². The lowest BCUT2D eigenvalue weighted by molar-refractivity contribution is -0.317. The van der Waals surface area contributed by atoms with Crippen LogP contribution in [0, 0.1) is 11.8 Å². The van der Waals surface area contributed by atoms with Gasteiger partial charge in [-0.25, -0.2) is 4.79 Å². The van der Waals surface area contributed by atoms with Crippen molar-refractivity contribution >= 4 is 5.97 Å². The molecule has 0 aromatic heterocycles. The van der Waals surface area contributed by atoms with E-state index in [1.165, 1.54) is 0 Å². The number of aliphatic hydroxyl groups is 3. The first-order chi connectivity index (χ1) is 11.1. The summed E-state index contributed by atoms with van der Waals surface area (Å²) in [4.78, 5) is 11.7. The minimum atomic E-state index is -2.06. The van der Waals surface area contributed by atoms with Gasteiger partial charge in [-0.1, -0.05) is 20.8 Å². The van der Waals surface area contributed by atoms with Crippen LogP contribution in [0.25, 0.3) is 0 Å². The van der Waals surface area contributed by atoms with Crippen molar-refractivity contribution in [3.05, 3.63) is 0 Å². The number of ether oxygens (including phenoxy) is 2. The number of carboxylic acid groups (broad SMARTS) is 1. The zero-order valence-electron chi connectivity index (χ0n) is 15.0. The summed E-state index contributed by atoms with van der Waals surface area (Å²) in [5.74, 6) is -3.59. The number of aliphatic hydroxyl groups excluding tert-OH is 3. The summed E-state index contributed by atoms with van der Waals surface area (Å²) in [5.41, 5.74) is 0. The maximum atomic E-state index is 11.7. The summed E-state index contributed by atoms with van der Waals surface area (Å²) in [6, 6.07) is 0. The monoisotopic (exact) mass is 335 g/mol. The molecule has 1 fully saturated rings. The van der Waals surface area contributed by atoms with Crippen molar-refractivity contribution in [2.45, 2.75) is 77.1 Å². The summed E-state index contributed by atoms with van der Waals surface area (Å²) < 4.78 is 18.2. The zero-order valence-corrected chi connectivity index (χ0v) is 14.0. The van der Waals surface area contributed by atoms with Crippen LogP contribution in [0.2, 0.25) is 0 Å². The van der Waals surface area contributed by atoms with E-state index in [2.05, 4.69) is 0 Å². The maximum Gasteiger partial charge on any atom is 0.364 e. The van der Waals surface area contributed by atoms with Gasteiger partial charge in [-0.2, -0.15) is 0 Å². The second kappa shape index (κ2) is 8.39. The van der Waals surface area contributed by atoms with Crippen LogP contribution < -0.4 is 0 Å². The molecule has 23 heavy (non-hydrogen) atoms. The lowest BCUT2D eigenvalue weighted by Gasteiger charge is -2.45. The molecule has 136 valence electrons. The molecule has 6 atom stereocenters. The van der Waals surface area contributed by atoms with Gasteiger partial charge in [-0.3, -0.25) is 0 Å². The largest absolute Gasteiger partial charge is 0.477 e. The number of carboxylic acids is 1. The lowest BCUT2D eigenvalue weighted by Crippen LogP contribution is -2.60. The molecule has 6 unspecified atom stereocenters. The summed E-state index contributed by atoms with van der Waals surface area (Å²) in [5, 5.41) is 39.6. The number of rotatable bonds is 8. The van der Waals surface area contributed by atoms with Crippen LogP contribution in [-0.4, -0.2) is 63.2 Å². The average molecular weight is 335 g/mol. The number of carbonyl (C=O) groups is 1. The Labute approximate surface area is 138 Å². The summed E-state index contributed by atoms with van der Waals surface area (Å²) in [7, 11) is 0. The number of hydrogen-bond acceptors (Lipinski definition) is 6. The molecule has 1 aliphatic heterocycles. The van der Waals surface area contributed by atoms with E-state index in [1.54, 1.807) is 6.92 Å². The average Bonchev–Trinajstić information content (AvgIpc) is 2.52. The topological polar surface area (TPSA) is 116 Å². The van der Waals surface area contributed by atoms with Gasteiger partial charge in [-0.15, -0.1) is 0 Å². The standard InChI is InChI=1S/C16H30O7/c1-9(2)6-5-7-22-16(15(20)21)8-12(18)10(3)14(23-16)13(19)11(4)17/h9-14,17-19H,5-8H2,1-4H3,(H,20,21)/i4D. The van der Waals surface area contributed by atoms with Crippen LogP contribution in [-0.2, 0) is 14.3 Å². The minimum Gasteiger partial charge on any atom is -0.477 e. The molecular weight excluding hydrogens is 304 g/mol. The molecule has 0 amide bonds. The van der Waals surface area contributed by atoms with Gasteiger partial charge in [0.05, 0.1) is 24.9 Å². The molecule has 1 rings (SSSR count). The van der Waals surface area contributed by atoms with E-state index in [0.29, 0.717) is 12.3 Å². The molecule has 0 spiro atoms. The predicted octanol–water partition coefficient (Wildman–Crippen LogP) is 0.748. The van der Waals surface area contributed by atoms with Crippen LogP contribution in [0.5, 0.6) is 0 Å². The molecule has 7 heteroatoms. The Bertz CT molecular complexity index is 406. The normalized spacial score (nSPS) is 34.9. The zero-order chi connectivity index (χ0) is 18.5. The number of hydrogen-bond donors (Lipinski definition) is 4. The van der Waals surface area contributed by atoms with Crippen LogP contribution in [0.4, 0.5) is 0 Å². The van der Waals surface area contributed by atoms with Crippen molar-refractivity contribution < 1.29 is 36.1 Å². The van der Waals surface area contributed by atoms with Crippen LogP contribution >= 0.6 is 0 Å². The summed E-state index contributed by atoms with van der Waals surface area (Å²) in [6.07, 6.45) is -3.85. The van der Waals surface area contributed by atoms with E-state index in [4.69, 9.17) is 10.8 Å². The highest BCUT2D eigenvalue weighted by molar-refractivity contribution is 5.76. The summed E-state index contributed by atoms with van der Waals surface area (Å²) in [6.45, 7) is 5.38. The smallest absolute Gasteiger partial charge is 0.364 e. The molecule has 0 aliphatic carbocycles. The van der Waals surface area contributed by atoms with Crippen molar-refractivity contribution in [3.63, 3.8) is 0 Å². The Balaban J connectivity index is 2.88. The molecule has 0 radical (unpaired) electrons. The first kappa shape index (κ1) is 18.6. The second-order valence-electron chi connectivity index (χ2n) is 6.71. The van der Waals surface area contributed by atoms with Crippen LogP contribution in [0.1, 0.15) is 48.3 Å². The van der Waals surface area contributed by atoms with E-state index in [-0.39, 0.29) is 13.0 Å². The fraction of sp³-hybridized carbons (Fsp3) is 0.938. The lowest BCUT2D eigenvalue weighted by atomic mass is 9.85. The molecule has 7 nitrogen and oxygen atoms in total. The van der Waals surface area contributed by atoms with E-state index in [1.807, 2.05) is 13.8 Å². The Kier molecular flexibility index (Phi) is 6.79. The van der Waals surface area contributed by atoms with Gasteiger partial charge in [0.1, 0.15) is 6.10 Å². The molecular formula is C16H30O7. The minimum absolute atomic E-state index is 0.148. The van der Waals surface area contributed by atoms with E-state index >= 15 is 0 Å². The third-order valence-corrected chi connectivity index (χ3v) is 4.25. The Hall–Kier alpha value is -0.730. The summed E-state index contributed by atoms with van der Waals surface area (Å²) >= 11 is 0. The Morgan fingerprint density at radius 1 is 1.48 bits per heavy atom. The fourth-order valence-corrected chi connectivity index (χ4v) is 2.68. The third-order valence-electron chi connectivity index (χ3n) is 4.25. The molecule has 1 aliphatic rings. The van der Waals surface area contributed by atoms with Gasteiger partial charge in [0.15, 0.2) is 0 Å². The predicted molar refractivity (Wildman–Crippen MR) is 82.7 cm³/mol.